The second kappa shape index (κ2) is 7.78. The van der Waals surface area contributed by atoms with Crippen LogP contribution in [0.1, 0.15) is 17.0 Å². The molecule has 0 saturated heterocycles. The molecule has 7 heteroatoms. The number of hydrogen-bond donors (Lipinski definition) is 3. The fourth-order valence-corrected chi connectivity index (χ4v) is 3.50. The van der Waals surface area contributed by atoms with Gasteiger partial charge >= 0.3 is 0 Å². The van der Waals surface area contributed by atoms with Gasteiger partial charge in [0.25, 0.3) is 5.56 Å². The van der Waals surface area contributed by atoms with Gasteiger partial charge in [0.1, 0.15) is 10.8 Å². The van der Waals surface area contributed by atoms with Crippen molar-refractivity contribution in [3.8, 4) is 5.75 Å². The molecule has 0 radical (unpaired) electrons. The fraction of sp³-hybridized carbons (Fsp3) is 0.143. The molecule has 0 unspecified atom stereocenters. The summed E-state index contributed by atoms with van der Waals surface area (Å²) in [7, 11) is 1.65. The largest absolute Gasteiger partial charge is 0.497 e. The van der Waals surface area contributed by atoms with Gasteiger partial charge in [0.05, 0.1) is 19.0 Å². The molecule has 28 heavy (non-hydrogen) atoms. The van der Waals surface area contributed by atoms with Crippen molar-refractivity contribution >= 4 is 28.2 Å². The maximum Gasteiger partial charge on any atom is 0.285 e. The summed E-state index contributed by atoms with van der Waals surface area (Å²) < 4.78 is 5.28. The van der Waals surface area contributed by atoms with Gasteiger partial charge in [-0.1, -0.05) is 41.9 Å². The van der Waals surface area contributed by atoms with Crippen molar-refractivity contribution in [1.29, 1.82) is 0 Å². The highest BCUT2D eigenvalue weighted by atomic mass is 35.5. The predicted octanol–water partition coefficient (Wildman–Crippen LogP) is 4.16. The van der Waals surface area contributed by atoms with Crippen LogP contribution < -0.4 is 15.6 Å². The summed E-state index contributed by atoms with van der Waals surface area (Å²) in [6.07, 6.45) is 3.54. The van der Waals surface area contributed by atoms with Gasteiger partial charge in [0.15, 0.2) is 0 Å². The summed E-state index contributed by atoms with van der Waals surface area (Å²) in [4.78, 5) is 15.1. The van der Waals surface area contributed by atoms with Crippen LogP contribution in [0.4, 0.5) is 5.69 Å². The first kappa shape index (κ1) is 18.1. The molecule has 4 aromatic rings. The molecule has 4 rings (SSSR count). The Hall–Kier alpha value is -3.25. The highest BCUT2D eigenvalue weighted by Gasteiger charge is 2.19. The molecule has 0 saturated carbocycles. The summed E-state index contributed by atoms with van der Waals surface area (Å²) in [5.74, 6) is 0.827. The number of ether oxygens (including phenoxy) is 1. The highest BCUT2D eigenvalue weighted by molar-refractivity contribution is 6.32. The molecular weight excluding hydrogens is 376 g/mol. The van der Waals surface area contributed by atoms with Crippen LogP contribution in [0.15, 0.2) is 65.7 Å². The minimum Gasteiger partial charge on any atom is -0.497 e. The fourth-order valence-electron chi connectivity index (χ4n) is 3.34. The summed E-state index contributed by atoms with van der Waals surface area (Å²) >= 11 is 6.11. The Labute approximate surface area is 166 Å². The number of aromatic nitrogens is 3. The molecule has 2 aromatic carbocycles. The van der Waals surface area contributed by atoms with Crippen LogP contribution in [-0.4, -0.2) is 28.8 Å². The summed E-state index contributed by atoms with van der Waals surface area (Å²) in [5.41, 5.74) is 3.43. The van der Waals surface area contributed by atoms with E-state index in [0.717, 1.165) is 27.8 Å². The number of para-hydroxylation sites is 1. The maximum atomic E-state index is 11.7. The van der Waals surface area contributed by atoms with E-state index >= 15 is 0 Å². The molecule has 2 heterocycles. The van der Waals surface area contributed by atoms with Gasteiger partial charge in [-0.15, -0.1) is 0 Å². The average molecular weight is 395 g/mol. The lowest BCUT2D eigenvalue weighted by Gasteiger charge is -2.19. The predicted molar refractivity (Wildman–Crippen MR) is 111 cm³/mol. The monoisotopic (exact) mass is 394 g/mol. The zero-order chi connectivity index (χ0) is 19.5. The number of rotatable bonds is 6. The molecule has 0 amide bonds. The number of anilines is 1. The lowest BCUT2D eigenvalue weighted by Crippen LogP contribution is -2.17. The number of halogens is 1. The Morgan fingerprint density at radius 2 is 1.96 bits per heavy atom. The van der Waals surface area contributed by atoms with E-state index in [9.17, 15) is 4.79 Å². The lowest BCUT2D eigenvalue weighted by atomic mass is 9.90. The molecule has 0 fully saturated rings. The number of aromatic amines is 2. The topological polar surface area (TPSA) is 82.8 Å². The number of H-pyrrole nitrogens is 2. The lowest BCUT2D eigenvalue weighted by molar-refractivity contribution is 0.414. The molecule has 0 aliphatic carbocycles. The Balaban J connectivity index is 1.72. The van der Waals surface area contributed by atoms with E-state index in [1.165, 1.54) is 6.20 Å². The Morgan fingerprint density at radius 3 is 2.75 bits per heavy atom. The second-order valence-electron chi connectivity index (χ2n) is 6.42. The number of nitrogens with zero attached hydrogens (tertiary/aromatic N) is 1. The van der Waals surface area contributed by atoms with Gasteiger partial charge in [-0.25, -0.2) is 5.10 Å². The van der Waals surface area contributed by atoms with Gasteiger partial charge in [0.2, 0.25) is 0 Å². The molecular formula is C21H19ClN4O2. The smallest absolute Gasteiger partial charge is 0.285 e. The number of fused-ring (bicyclic) bond motifs is 1. The van der Waals surface area contributed by atoms with Crippen LogP contribution in [0.3, 0.4) is 0 Å². The molecule has 2 aromatic heterocycles. The molecule has 142 valence electrons. The van der Waals surface area contributed by atoms with Crippen molar-refractivity contribution in [2.24, 2.45) is 0 Å². The number of nitrogens with one attached hydrogen (secondary N) is 3. The van der Waals surface area contributed by atoms with Gasteiger partial charge in [-0.05, 0) is 29.3 Å². The van der Waals surface area contributed by atoms with Crippen molar-refractivity contribution < 1.29 is 4.74 Å². The molecule has 0 spiro atoms. The van der Waals surface area contributed by atoms with E-state index in [-0.39, 0.29) is 10.9 Å². The Morgan fingerprint density at radius 1 is 1.18 bits per heavy atom. The number of benzene rings is 2. The van der Waals surface area contributed by atoms with E-state index in [1.807, 2.05) is 42.6 Å². The van der Waals surface area contributed by atoms with Crippen molar-refractivity contribution in [2.75, 3.05) is 19.0 Å². The third kappa shape index (κ3) is 3.46. The van der Waals surface area contributed by atoms with Gasteiger partial charge < -0.3 is 15.0 Å². The van der Waals surface area contributed by atoms with Crippen molar-refractivity contribution in [3.05, 3.63) is 87.4 Å². The zero-order valence-corrected chi connectivity index (χ0v) is 16.0. The van der Waals surface area contributed by atoms with Crippen molar-refractivity contribution in [2.45, 2.75) is 5.92 Å². The maximum absolute atomic E-state index is 11.7. The summed E-state index contributed by atoms with van der Waals surface area (Å²) in [6, 6.07) is 16.2. The SMILES string of the molecule is COc1ccc([C@H](CNc2cn[nH]c(=O)c2Cl)c2c[nH]c3ccccc23)cc1. The van der Waals surface area contributed by atoms with Crippen LogP contribution in [0, 0.1) is 0 Å². The van der Waals surface area contributed by atoms with E-state index in [4.69, 9.17) is 16.3 Å². The van der Waals surface area contributed by atoms with Gasteiger partial charge in [-0.2, -0.15) is 5.10 Å². The second-order valence-corrected chi connectivity index (χ2v) is 6.80. The minimum absolute atomic E-state index is 0.0254. The number of hydrogen-bond acceptors (Lipinski definition) is 4. The van der Waals surface area contributed by atoms with Crippen LogP contribution in [0.2, 0.25) is 5.02 Å². The zero-order valence-electron chi connectivity index (χ0n) is 15.2. The molecule has 1 atom stereocenters. The van der Waals surface area contributed by atoms with Gasteiger partial charge in [0, 0.05) is 29.6 Å². The minimum atomic E-state index is -0.417. The first-order valence-corrected chi connectivity index (χ1v) is 9.22. The summed E-state index contributed by atoms with van der Waals surface area (Å²) in [6.45, 7) is 0.541. The first-order valence-electron chi connectivity index (χ1n) is 8.84. The van der Waals surface area contributed by atoms with Crippen molar-refractivity contribution in [3.63, 3.8) is 0 Å². The van der Waals surface area contributed by atoms with Crippen LogP contribution in [-0.2, 0) is 0 Å². The average Bonchev–Trinajstić information content (AvgIpc) is 3.16. The third-order valence-corrected chi connectivity index (χ3v) is 5.18. The molecule has 0 bridgehead atoms. The quantitative estimate of drug-likeness (QED) is 0.458. The van der Waals surface area contributed by atoms with E-state index in [0.29, 0.717) is 12.2 Å². The molecule has 3 N–H and O–H groups in total. The summed E-state index contributed by atoms with van der Waals surface area (Å²) in [5, 5.41) is 10.7. The van der Waals surface area contributed by atoms with Crippen LogP contribution >= 0.6 is 11.6 Å². The van der Waals surface area contributed by atoms with E-state index in [1.54, 1.807) is 7.11 Å². The number of methoxy groups -OCH3 is 1. The first-order chi connectivity index (χ1) is 13.7. The van der Waals surface area contributed by atoms with Crippen molar-refractivity contribution in [1.82, 2.24) is 15.2 Å². The van der Waals surface area contributed by atoms with Crippen LogP contribution in [0.5, 0.6) is 5.75 Å². The molecule has 6 nitrogen and oxygen atoms in total. The van der Waals surface area contributed by atoms with E-state index < -0.39 is 5.56 Å². The Bertz CT molecular complexity index is 1150. The van der Waals surface area contributed by atoms with Gasteiger partial charge in [-0.3, -0.25) is 4.79 Å². The van der Waals surface area contributed by atoms with Crippen LogP contribution in [0.25, 0.3) is 10.9 Å². The third-order valence-electron chi connectivity index (χ3n) is 4.81. The van der Waals surface area contributed by atoms with E-state index in [2.05, 4.69) is 32.6 Å². The standard InChI is InChI=1S/C21H19ClN4O2/c1-28-14-8-6-13(7-9-14)16(10-24-19-12-25-26-21(27)20(19)22)17-11-23-18-5-3-2-4-15(17)18/h2-9,11-12,16,23H,10H2,1H3,(H2,24,26,27)/t16-/m0/s1. The molecule has 0 aliphatic rings. The normalized spacial score (nSPS) is 12.1. The highest BCUT2D eigenvalue weighted by Crippen LogP contribution is 2.32. The Kier molecular flexibility index (Phi) is 5.04. The molecule has 0 aliphatic heterocycles.